The minimum absolute atomic E-state index is 0.0251. The summed E-state index contributed by atoms with van der Waals surface area (Å²) in [6.45, 7) is 11.4. The number of pyridine rings is 1. The fourth-order valence-electron chi connectivity index (χ4n) is 2.30. The van der Waals surface area contributed by atoms with Crippen LogP contribution >= 0.6 is 11.6 Å². The highest BCUT2D eigenvalue weighted by Gasteiger charge is 2.15. The largest absolute Gasteiger partial charge is 0.384 e. The van der Waals surface area contributed by atoms with E-state index in [9.17, 15) is 0 Å². The van der Waals surface area contributed by atoms with E-state index >= 15 is 0 Å². The second-order valence-corrected chi connectivity index (χ2v) is 5.25. The van der Waals surface area contributed by atoms with E-state index < -0.39 is 0 Å². The van der Waals surface area contributed by atoms with Crippen molar-refractivity contribution in [3.05, 3.63) is 22.8 Å². The highest BCUT2D eigenvalue weighted by atomic mass is 35.5. The van der Waals surface area contributed by atoms with E-state index in [0.29, 0.717) is 16.4 Å². The number of hydrogen-bond donors (Lipinski definition) is 2. The van der Waals surface area contributed by atoms with E-state index in [0.717, 1.165) is 39.1 Å². The van der Waals surface area contributed by atoms with Crippen LogP contribution in [0.5, 0.6) is 0 Å². The van der Waals surface area contributed by atoms with E-state index in [-0.39, 0.29) is 5.84 Å². The fourth-order valence-corrected chi connectivity index (χ4v) is 2.63. The van der Waals surface area contributed by atoms with Crippen LogP contribution < -0.4 is 10.6 Å². The van der Waals surface area contributed by atoms with Crippen molar-refractivity contribution in [2.45, 2.75) is 27.2 Å². The Bertz CT molecular complexity index is 459. The van der Waals surface area contributed by atoms with Crippen molar-refractivity contribution in [2.24, 2.45) is 5.73 Å². The molecule has 0 saturated heterocycles. The minimum atomic E-state index is -0.0251. The van der Waals surface area contributed by atoms with Gasteiger partial charge in [0.25, 0.3) is 0 Å². The summed E-state index contributed by atoms with van der Waals surface area (Å²) in [5, 5.41) is 8.02. The maximum absolute atomic E-state index is 7.56. The van der Waals surface area contributed by atoms with Crippen LogP contribution in [-0.2, 0) is 0 Å². The maximum atomic E-state index is 7.56. The van der Waals surface area contributed by atoms with Crippen molar-refractivity contribution in [3.8, 4) is 0 Å². The molecule has 5 nitrogen and oxygen atoms in total. The van der Waals surface area contributed by atoms with Gasteiger partial charge in [-0.1, -0.05) is 25.4 Å². The van der Waals surface area contributed by atoms with Gasteiger partial charge >= 0.3 is 0 Å². The molecule has 1 aromatic heterocycles. The first-order chi connectivity index (χ1) is 10.0. The average Bonchev–Trinajstić information content (AvgIpc) is 2.48. The van der Waals surface area contributed by atoms with Gasteiger partial charge in [-0.25, -0.2) is 4.98 Å². The molecule has 0 unspecified atom stereocenters. The van der Waals surface area contributed by atoms with Gasteiger partial charge in [0.2, 0.25) is 0 Å². The number of rotatable bonds is 9. The van der Waals surface area contributed by atoms with Gasteiger partial charge in [-0.05, 0) is 39.0 Å². The SMILES string of the molecule is CCN(CC)CCCN(CC)c1nccc(C(=N)N)c1Cl. The molecule has 1 aromatic rings. The zero-order chi connectivity index (χ0) is 15.8. The molecule has 21 heavy (non-hydrogen) atoms. The molecule has 6 heteroatoms. The molecule has 0 bridgehead atoms. The zero-order valence-electron chi connectivity index (χ0n) is 13.2. The topological polar surface area (TPSA) is 69.2 Å². The molecule has 0 saturated carbocycles. The first kappa shape index (κ1) is 17.7. The van der Waals surface area contributed by atoms with Gasteiger partial charge in [0, 0.05) is 24.8 Å². The summed E-state index contributed by atoms with van der Waals surface area (Å²) in [6.07, 6.45) is 2.71. The van der Waals surface area contributed by atoms with E-state index in [4.69, 9.17) is 22.7 Å². The zero-order valence-corrected chi connectivity index (χ0v) is 14.0. The van der Waals surface area contributed by atoms with Crippen LogP contribution in [0, 0.1) is 5.41 Å². The van der Waals surface area contributed by atoms with Gasteiger partial charge in [0.15, 0.2) is 0 Å². The normalized spacial score (nSPS) is 10.9. The Balaban J connectivity index is 2.76. The number of nitrogens with zero attached hydrogens (tertiary/aromatic N) is 3. The number of amidine groups is 1. The third-order valence-corrected chi connectivity index (χ3v) is 4.01. The lowest BCUT2D eigenvalue weighted by Crippen LogP contribution is -2.31. The number of halogens is 1. The number of nitrogens with one attached hydrogen (secondary N) is 1. The van der Waals surface area contributed by atoms with Crippen molar-refractivity contribution in [1.29, 1.82) is 5.41 Å². The smallest absolute Gasteiger partial charge is 0.148 e. The molecule has 0 fully saturated rings. The predicted octanol–water partition coefficient (Wildman–Crippen LogP) is 2.58. The number of nitrogen functional groups attached to an aromatic ring is 1. The monoisotopic (exact) mass is 311 g/mol. The molecular weight excluding hydrogens is 286 g/mol. The van der Waals surface area contributed by atoms with Crippen LogP contribution in [-0.4, -0.2) is 48.4 Å². The summed E-state index contributed by atoms with van der Waals surface area (Å²) in [4.78, 5) is 8.89. The highest BCUT2D eigenvalue weighted by Crippen LogP contribution is 2.26. The first-order valence-corrected chi connectivity index (χ1v) is 7.89. The van der Waals surface area contributed by atoms with Gasteiger partial charge in [-0.3, -0.25) is 5.41 Å². The first-order valence-electron chi connectivity index (χ1n) is 7.51. The van der Waals surface area contributed by atoms with Crippen LogP contribution in [0.15, 0.2) is 12.3 Å². The van der Waals surface area contributed by atoms with Crippen molar-refractivity contribution < 1.29 is 0 Å². The molecule has 0 atom stereocenters. The van der Waals surface area contributed by atoms with E-state index in [1.807, 2.05) is 0 Å². The van der Waals surface area contributed by atoms with Crippen LogP contribution in [0.3, 0.4) is 0 Å². The molecule has 0 amide bonds. The second-order valence-electron chi connectivity index (χ2n) is 4.87. The highest BCUT2D eigenvalue weighted by molar-refractivity contribution is 6.36. The maximum Gasteiger partial charge on any atom is 0.148 e. The van der Waals surface area contributed by atoms with Crippen LogP contribution in [0.25, 0.3) is 0 Å². The number of nitrogens with two attached hydrogens (primary N) is 1. The van der Waals surface area contributed by atoms with Crippen LogP contribution in [0.1, 0.15) is 32.8 Å². The lowest BCUT2D eigenvalue weighted by Gasteiger charge is -2.25. The van der Waals surface area contributed by atoms with E-state index in [1.54, 1.807) is 12.3 Å². The molecule has 0 spiro atoms. The Morgan fingerprint density at radius 1 is 1.24 bits per heavy atom. The molecular formula is C15H26ClN5. The fraction of sp³-hybridized carbons (Fsp3) is 0.600. The van der Waals surface area contributed by atoms with E-state index in [2.05, 4.69) is 35.6 Å². The third-order valence-electron chi connectivity index (χ3n) is 3.64. The van der Waals surface area contributed by atoms with Crippen molar-refractivity contribution >= 4 is 23.3 Å². The Kier molecular flexibility index (Phi) is 7.47. The van der Waals surface area contributed by atoms with Gasteiger partial charge < -0.3 is 15.5 Å². The second kappa shape index (κ2) is 8.85. The molecule has 0 aliphatic carbocycles. The lowest BCUT2D eigenvalue weighted by molar-refractivity contribution is 0.300. The molecule has 0 aliphatic rings. The molecule has 1 heterocycles. The van der Waals surface area contributed by atoms with Crippen LogP contribution in [0.4, 0.5) is 5.82 Å². The predicted molar refractivity (Wildman–Crippen MR) is 90.6 cm³/mol. The average molecular weight is 312 g/mol. The summed E-state index contributed by atoms with van der Waals surface area (Å²) in [5.74, 6) is 0.689. The lowest BCUT2D eigenvalue weighted by atomic mass is 10.2. The molecule has 0 aromatic carbocycles. The molecule has 0 radical (unpaired) electrons. The summed E-state index contributed by atoms with van der Waals surface area (Å²) in [7, 11) is 0. The number of aromatic nitrogens is 1. The number of hydrogen-bond acceptors (Lipinski definition) is 4. The van der Waals surface area contributed by atoms with Crippen molar-refractivity contribution in [2.75, 3.05) is 37.6 Å². The Morgan fingerprint density at radius 3 is 2.43 bits per heavy atom. The Labute approximate surface area is 132 Å². The third kappa shape index (κ3) is 4.86. The summed E-state index contributed by atoms with van der Waals surface area (Å²) < 4.78 is 0. The van der Waals surface area contributed by atoms with Gasteiger partial charge in [0.05, 0.1) is 5.02 Å². The summed E-state index contributed by atoms with van der Waals surface area (Å²) in [6, 6.07) is 1.68. The van der Waals surface area contributed by atoms with Crippen molar-refractivity contribution in [3.63, 3.8) is 0 Å². The number of anilines is 1. The van der Waals surface area contributed by atoms with Gasteiger partial charge in [-0.15, -0.1) is 0 Å². The molecule has 0 aliphatic heterocycles. The standard InChI is InChI=1S/C15H26ClN5/c1-4-20(5-2)10-7-11-21(6-3)15-13(16)12(14(17)18)8-9-19-15/h8-9H,4-7,10-11H2,1-3H3,(H3,17,18). The molecule has 1 rings (SSSR count). The minimum Gasteiger partial charge on any atom is -0.384 e. The Hall–Kier alpha value is -1.33. The van der Waals surface area contributed by atoms with Gasteiger partial charge in [-0.2, -0.15) is 0 Å². The summed E-state index contributed by atoms with van der Waals surface area (Å²) in [5.41, 5.74) is 6.09. The van der Waals surface area contributed by atoms with Gasteiger partial charge in [0.1, 0.15) is 11.7 Å². The molecule has 118 valence electrons. The summed E-state index contributed by atoms with van der Waals surface area (Å²) >= 11 is 6.34. The Morgan fingerprint density at radius 2 is 1.90 bits per heavy atom. The van der Waals surface area contributed by atoms with E-state index in [1.165, 1.54) is 0 Å². The molecule has 3 N–H and O–H groups in total. The quantitative estimate of drug-likeness (QED) is 0.543. The van der Waals surface area contributed by atoms with Crippen molar-refractivity contribution in [1.82, 2.24) is 9.88 Å². The van der Waals surface area contributed by atoms with Crippen LogP contribution in [0.2, 0.25) is 5.02 Å².